The Bertz CT molecular complexity index is 1160. The third-order valence-electron chi connectivity index (χ3n) is 5.11. The highest BCUT2D eigenvalue weighted by atomic mass is 16.5. The summed E-state index contributed by atoms with van der Waals surface area (Å²) in [5.74, 6) is 1.09. The van der Waals surface area contributed by atoms with Gasteiger partial charge in [0.25, 0.3) is 0 Å². The number of carbonyl (C=O) groups is 1. The molecular weight excluding hydrogens is 380 g/mol. The van der Waals surface area contributed by atoms with Crippen molar-refractivity contribution in [1.82, 2.24) is 25.2 Å². The molecule has 0 atom stereocenters. The van der Waals surface area contributed by atoms with Gasteiger partial charge in [0.15, 0.2) is 0 Å². The van der Waals surface area contributed by atoms with Gasteiger partial charge >= 0.3 is 0 Å². The normalized spacial score (nSPS) is 10.9. The number of aromatic nitrogens is 5. The third-order valence-corrected chi connectivity index (χ3v) is 5.11. The fraction of sp³-hybridized carbons (Fsp3) is 0.182. The van der Waals surface area contributed by atoms with Gasteiger partial charge in [0, 0.05) is 35.9 Å². The van der Waals surface area contributed by atoms with Gasteiger partial charge in [-0.3, -0.25) is 4.79 Å². The SMILES string of the molecule is COc1ccc(-c2ccn(CCc3nnn[nH]3)c2-c2ccc(C(N)=O)cc2C)cc1. The third kappa shape index (κ3) is 3.80. The van der Waals surface area contributed by atoms with E-state index < -0.39 is 5.91 Å². The van der Waals surface area contributed by atoms with Crippen molar-refractivity contribution in [3.05, 3.63) is 71.7 Å². The molecule has 1 amide bonds. The second kappa shape index (κ2) is 8.20. The largest absolute Gasteiger partial charge is 0.497 e. The van der Waals surface area contributed by atoms with E-state index >= 15 is 0 Å². The number of carbonyl (C=O) groups excluding carboxylic acids is 1. The smallest absolute Gasteiger partial charge is 0.248 e. The summed E-state index contributed by atoms with van der Waals surface area (Å²) in [4.78, 5) is 11.6. The van der Waals surface area contributed by atoms with Crippen LogP contribution in [0.15, 0.2) is 54.7 Å². The zero-order valence-corrected chi connectivity index (χ0v) is 16.8. The van der Waals surface area contributed by atoms with E-state index in [0.717, 1.165) is 39.5 Å². The van der Waals surface area contributed by atoms with Crippen LogP contribution in [0.5, 0.6) is 5.75 Å². The van der Waals surface area contributed by atoms with Gasteiger partial charge < -0.3 is 15.0 Å². The first-order valence-corrected chi connectivity index (χ1v) is 9.54. The molecule has 4 aromatic rings. The first kappa shape index (κ1) is 19.4. The number of aryl methyl sites for hydroxylation is 3. The molecule has 0 saturated heterocycles. The number of amides is 1. The number of nitrogens with zero attached hydrogens (tertiary/aromatic N) is 4. The number of ether oxygens (including phenoxy) is 1. The summed E-state index contributed by atoms with van der Waals surface area (Å²) in [7, 11) is 1.65. The van der Waals surface area contributed by atoms with Crippen LogP contribution in [0.4, 0.5) is 0 Å². The number of benzene rings is 2. The van der Waals surface area contributed by atoms with Gasteiger partial charge in [0.2, 0.25) is 5.91 Å². The van der Waals surface area contributed by atoms with Crippen LogP contribution < -0.4 is 10.5 Å². The number of tetrazole rings is 1. The molecule has 0 radical (unpaired) electrons. The number of nitrogens with one attached hydrogen (secondary N) is 1. The van der Waals surface area contributed by atoms with Crippen LogP contribution in [-0.4, -0.2) is 38.2 Å². The standard InChI is InChI=1S/C22H22N6O2/c1-14-13-16(22(23)29)5-8-18(14)21-19(15-3-6-17(30-2)7-4-15)9-11-28(21)12-10-20-24-26-27-25-20/h3-9,11,13H,10,12H2,1-2H3,(H2,23,29)(H,24,25,26,27). The lowest BCUT2D eigenvalue weighted by Crippen LogP contribution is -2.11. The highest BCUT2D eigenvalue weighted by molar-refractivity contribution is 5.94. The van der Waals surface area contributed by atoms with Crippen LogP contribution in [0.1, 0.15) is 21.7 Å². The summed E-state index contributed by atoms with van der Waals surface area (Å²) in [6.45, 7) is 2.68. The summed E-state index contributed by atoms with van der Waals surface area (Å²) in [5.41, 5.74) is 11.2. The maximum absolute atomic E-state index is 11.6. The monoisotopic (exact) mass is 402 g/mol. The molecule has 2 aromatic heterocycles. The molecule has 8 heteroatoms. The molecule has 0 spiro atoms. The Hall–Kier alpha value is -3.94. The van der Waals surface area contributed by atoms with Crippen molar-refractivity contribution in [3.8, 4) is 28.1 Å². The number of methoxy groups -OCH3 is 1. The van der Waals surface area contributed by atoms with Gasteiger partial charge in [-0.15, -0.1) is 5.10 Å². The predicted octanol–water partition coefficient (Wildman–Crippen LogP) is 2.99. The number of rotatable bonds is 7. The molecule has 0 aliphatic rings. The molecule has 2 aromatic carbocycles. The minimum absolute atomic E-state index is 0.437. The average Bonchev–Trinajstić information content (AvgIpc) is 3.42. The van der Waals surface area contributed by atoms with Crippen LogP contribution in [0.2, 0.25) is 0 Å². The van der Waals surface area contributed by atoms with Gasteiger partial charge in [0.05, 0.1) is 12.8 Å². The molecule has 0 saturated carbocycles. The molecule has 3 N–H and O–H groups in total. The van der Waals surface area contributed by atoms with Crippen LogP contribution in [-0.2, 0) is 13.0 Å². The van der Waals surface area contributed by atoms with Crippen LogP contribution in [0, 0.1) is 6.92 Å². The van der Waals surface area contributed by atoms with Crippen molar-refractivity contribution in [3.63, 3.8) is 0 Å². The fourth-order valence-electron chi connectivity index (χ4n) is 3.56. The lowest BCUT2D eigenvalue weighted by Gasteiger charge is -2.15. The Balaban J connectivity index is 1.79. The number of primary amides is 1. The van der Waals surface area contributed by atoms with E-state index in [1.165, 1.54) is 0 Å². The summed E-state index contributed by atoms with van der Waals surface area (Å²) in [6, 6.07) is 15.6. The van der Waals surface area contributed by atoms with Crippen molar-refractivity contribution < 1.29 is 9.53 Å². The summed E-state index contributed by atoms with van der Waals surface area (Å²) in [6.07, 6.45) is 2.72. The van der Waals surface area contributed by atoms with E-state index in [-0.39, 0.29) is 0 Å². The quantitative estimate of drug-likeness (QED) is 0.494. The van der Waals surface area contributed by atoms with Gasteiger partial charge in [-0.25, -0.2) is 5.10 Å². The predicted molar refractivity (Wildman–Crippen MR) is 113 cm³/mol. The molecule has 4 rings (SSSR count). The zero-order chi connectivity index (χ0) is 21.1. The molecule has 8 nitrogen and oxygen atoms in total. The van der Waals surface area contributed by atoms with Crippen molar-refractivity contribution in [2.45, 2.75) is 19.9 Å². The Kier molecular flexibility index (Phi) is 5.30. The lowest BCUT2D eigenvalue weighted by atomic mass is 9.96. The Morgan fingerprint density at radius 3 is 2.57 bits per heavy atom. The highest BCUT2D eigenvalue weighted by Gasteiger charge is 2.17. The molecule has 0 aliphatic heterocycles. The number of H-pyrrole nitrogens is 1. The molecule has 0 aliphatic carbocycles. The Morgan fingerprint density at radius 1 is 1.13 bits per heavy atom. The van der Waals surface area contributed by atoms with Crippen molar-refractivity contribution >= 4 is 5.91 Å². The van der Waals surface area contributed by atoms with Crippen molar-refractivity contribution in [2.75, 3.05) is 7.11 Å². The van der Waals surface area contributed by atoms with Gasteiger partial charge in [-0.2, -0.15) is 0 Å². The molecule has 152 valence electrons. The second-order valence-electron chi connectivity index (χ2n) is 6.99. The summed E-state index contributed by atoms with van der Waals surface area (Å²) < 4.78 is 7.46. The topological polar surface area (TPSA) is 112 Å². The zero-order valence-electron chi connectivity index (χ0n) is 16.8. The highest BCUT2D eigenvalue weighted by Crippen LogP contribution is 2.36. The summed E-state index contributed by atoms with van der Waals surface area (Å²) in [5, 5.41) is 14.0. The van der Waals surface area contributed by atoms with E-state index in [4.69, 9.17) is 10.5 Å². The van der Waals surface area contributed by atoms with Crippen molar-refractivity contribution in [2.24, 2.45) is 5.73 Å². The van der Waals surface area contributed by atoms with Gasteiger partial charge in [0.1, 0.15) is 11.6 Å². The molecule has 30 heavy (non-hydrogen) atoms. The molecule has 0 fully saturated rings. The number of hydrogen-bond donors (Lipinski definition) is 2. The van der Waals surface area contributed by atoms with Crippen LogP contribution in [0.3, 0.4) is 0 Å². The Morgan fingerprint density at radius 2 is 1.93 bits per heavy atom. The average molecular weight is 402 g/mol. The molecule has 2 heterocycles. The van der Waals surface area contributed by atoms with Crippen LogP contribution >= 0.6 is 0 Å². The number of aromatic amines is 1. The minimum atomic E-state index is -0.437. The van der Waals surface area contributed by atoms with E-state index in [9.17, 15) is 4.79 Å². The molecular formula is C22H22N6O2. The van der Waals surface area contributed by atoms with Crippen LogP contribution in [0.25, 0.3) is 22.4 Å². The van der Waals surface area contributed by atoms with E-state index in [1.807, 2.05) is 43.3 Å². The number of hydrogen-bond acceptors (Lipinski definition) is 5. The lowest BCUT2D eigenvalue weighted by molar-refractivity contribution is 0.1000. The first-order valence-electron chi connectivity index (χ1n) is 9.54. The van der Waals surface area contributed by atoms with E-state index in [1.54, 1.807) is 13.2 Å². The molecule has 0 bridgehead atoms. The second-order valence-corrected chi connectivity index (χ2v) is 6.99. The van der Waals surface area contributed by atoms with Crippen molar-refractivity contribution in [1.29, 1.82) is 0 Å². The Labute approximate surface area is 173 Å². The maximum Gasteiger partial charge on any atom is 0.248 e. The molecule has 0 unspecified atom stereocenters. The van der Waals surface area contributed by atoms with E-state index in [2.05, 4.69) is 37.5 Å². The van der Waals surface area contributed by atoms with E-state index in [0.29, 0.717) is 18.5 Å². The number of nitrogens with two attached hydrogens (primary N) is 1. The first-order chi connectivity index (χ1) is 14.6. The summed E-state index contributed by atoms with van der Waals surface area (Å²) >= 11 is 0. The fourth-order valence-corrected chi connectivity index (χ4v) is 3.56. The van der Waals surface area contributed by atoms with Gasteiger partial charge in [-0.05, 0) is 58.8 Å². The maximum atomic E-state index is 11.6. The van der Waals surface area contributed by atoms with Gasteiger partial charge in [-0.1, -0.05) is 18.2 Å². The minimum Gasteiger partial charge on any atom is -0.497 e.